The Balaban J connectivity index is 3.30. The summed E-state index contributed by atoms with van der Waals surface area (Å²) < 4.78 is 32.4. The second-order valence-corrected chi connectivity index (χ2v) is 2.86. The molecule has 0 bridgehead atoms. The van der Waals surface area contributed by atoms with Gasteiger partial charge in [0.2, 0.25) is 0 Å². The lowest BCUT2D eigenvalue weighted by Crippen LogP contribution is -2.07. The minimum absolute atomic E-state index is 0.250. The normalized spacial score (nSPS) is 11.8. The first-order valence-electron chi connectivity index (χ1n) is 2.38. The van der Waals surface area contributed by atoms with Gasteiger partial charge in [-0.25, -0.2) is 0 Å². The molecule has 0 fully saturated rings. The van der Waals surface area contributed by atoms with Crippen LogP contribution in [0.5, 0.6) is 0 Å². The van der Waals surface area contributed by atoms with Gasteiger partial charge in [0.25, 0.3) is 10.1 Å². The molecule has 1 N–H and O–H groups in total. The summed E-state index contributed by atoms with van der Waals surface area (Å²) in [5, 5.41) is 0. The third-order valence-corrected chi connectivity index (χ3v) is 0.985. The lowest BCUT2D eigenvalue weighted by atomic mass is 10.5. The first-order chi connectivity index (χ1) is 4.06. The molecule has 9 heavy (non-hydrogen) atoms. The first-order valence-corrected chi connectivity index (χ1v) is 3.99. The van der Waals surface area contributed by atoms with Crippen LogP contribution in [0, 0.1) is 6.92 Å². The highest BCUT2D eigenvalue weighted by atomic mass is 32.2. The molecule has 0 atom stereocenters. The van der Waals surface area contributed by atoms with E-state index in [0.29, 0.717) is 6.42 Å². The Morgan fingerprint density at radius 3 is 2.44 bits per heavy atom. The van der Waals surface area contributed by atoms with Crippen molar-refractivity contribution in [3.05, 3.63) is 6.92 Å². The fourth-order valence-electron chi connectivity index (χ4n) is 0.266. The van der Waals surface area contributed by atoms with Gasteiger partial charge in [0, 0.05) is 6.61 Å². The van der Waals surface area contributed by atoms with Gasteiger partial charge in [0.15, 0.2) is 5.94 Å². The number of hydrogen-bond acceptors (Lipinski definition) is 3. The van der Waals surface area contributed by atoms with Crippen LogP contribution < -0.4 is 0 Å². The standard InChI is InChI=1S/C4H9O4S/c1-2-3-8-4-9(5,6)7/h1-4H2,(H,5,6,7). The van der Waals surface area contributed by atoms with Crippen molar-refractivity contribution in [1.29, 1.82) is 0 Å². The molecule has 0 aromatic heterocycles. The second-order valence-electron chi connectivity index (χ2n) is 1.46. The topological polar surface area (TPSA) is 63.6 Å². The fraction of sp³-hybridized carbons (Fsp3) is 0.750. The quantitative estimate of drug-likeness (QED) is 0.458. The Morgan fingerprint density at radius 1 is 1.56 bits per heavy atom. The molecule has 0 amide bonds. The van der Waals surface area contributed by atoms with Crippen molar-refractivity contribution in [1.82, 2.24) is 0 Å². The predicted molar refractivity (Wildman–Crippen MR) is 32.3 cm³/mol. The largest absolute Gasteiger partial charge is 0.363 e. The van der Waals surface area contributed by atoms with Crippen LogP contribution in [0.3, 0.4) is 0 Å². The number of rotatable bonds is 4. The van der Waals surface area contributed by atoms with Crippen molar-refractivity contribution in [3.63, 3.8) is 0 Å². The van der Waals surface area contributed by atoms with Crippen LogP contribution >= 0.6 is 0 Å². The van der Waals surface area contributed by atoms with Crippen molar-refractivity contribution in [2.45, 2.75) is 6.42 Å². The Hall–Kier alpha value is -0.130. The molecule has 0 saturated carbocycles. The molecule has 0 saturated heterocycles. The van der Waals surface area contributed by atoms with Gasteiger partial charge in [-0.3, -0.25) is 4.55 Å². The van der Waals surface area contributed by atoms with E-state index in [1.54, 1.807) is 0 Å². The summed E-state index contributed by atoms with van der Waals surface area (Å²) in [5.41, 5.74) is 0. The highest BCUT2D eigenvalue weighted by Crippen LogP contribution is 1.85. The van der Waals surface area contributed by atoms with E-state index in [4.69, 9.17) is 4.55 Å². The van der Waals surface area contributed by atoms with Crippen LogP contribution in [0.4, 0.5) is 0 Å². The lowest BCUT2D eigenvalue weighted by molar-refractivity contribution is 0.175. The van der Waals surface area contributed by atoms with Crippen LogP contribution in [0.2, 0.25) is 0 Å². The summed E-state index contributed by atoms with van der Waals surface area (Å²) >= 11 is 0. The fourth-order valence-corrected chi connectivity index (χ4v) is 0.595. The van der Waals surface area contributed by atoms with E-state index in [1.807, 2.05) is 0 Å². The third kappa shape index (κ3) is 7.87. The smallest absolute Gasteiger partial charge is 0.289 e. The molecule has 0 heterocycles. The van der Waals surface area contributed by atoms with Gasteiger partial charge in [-0.15, -0.1) is 0 Å². The van der Waals surface area contributed by atoms with Crippen molar-refractivity contribution in [2.75, 3.05) is 12.5 Å². The Bertz CT molecular complexity index is 148. The third-order valence-electron chi connectivity index (χ3n) is 0.521. The van der Waals surface area contributed by atoms with Crippen molar-refractivity contribution >= 4 is 10.1 Å². The molecule has 0 unspecified atom stereocenters. The maximum Gasteiger partial charge on any atom is 0.289 e. The summed E-state index contributed by atoms with van der Waals surface area (Å²) in [6.07, 6.45) is 0.496. The summed E-state index contributed by atoms with van der Waals surface area (Å²) in [5.74, 6) is -0.636. The minimum atomic E-state index is -3.95. The van der Waals surface area contributed by atoms with E-state index in [-0.39, 0.29) is 6.61 Å². The van der Waals surface area contributed by atoms with E-state index >= 15 is 0 Å². The predicted octanol–water partition coefficient (Wildman–Crippen LogP) is 0.0725. The Labute approximate surface area is 54.6 Å². The number of hydrogen-bond donors (Lipinski definition) is 1. The van der Waals surface area contributed by atoms with Gasteiger partial charge < -0.3 is 4.74 Å². The summed E-state index contributed by atoms with van der Waals surface area (Å²) in [6, 6.07) is 0. The Kier molecular flexibility index (Phi) is 3.76. The van der Waals surface area contributed by atoms with Gasteiger partial charge in [0.05, 0.1) is 0 Å². The summed E-state index contributed by atoms with van der Waals surface area (Å²) in [7, 11) is -3.95. The molecule has 0 aliphatic heterocycles. The SMILES string of the molecule is [CH2]CCOCS(=O)(=O)O. The molecule has 1 radical (unpaired) electrons. The van der Waals surface area contributed by atoms with Crippen molar-refractivity contribution in [2.24, 2.45) is 0 Å². The molecule has 0 aliphatic carbocycles. The van der Waals surface area contributed by atoms with Gasteiger partial charge in [-0.2, -0.15) is 8.42 Å². The number of ether oxygens (including phenoxy) is 1. The van der Waals surface area contributed by atoms with Crippen LogP contribution in [0.15, 0.2) is 0 Å². The van der Waals surface area contributed by atoms with E-state index in [9.17, 15) is 8.42 Å². The minimum Gasteiger partial charge on any atom is -0.363 e. The van der Waals surface area contributed by atoms with Gasteiger partial charge in [-0.1, -0.05) is 6.92 Å². The lowest BCUT2D eigenvalue weighted by Gasteiger charge is -1.96. The zero-order valence-corrected chi connectivity index (χ0v) is 5.73. The van der Waals surface area contributed by atoms with Crippen LogP contribution in [-0.4, -0.2) is 25.5 Å². The maximum absolute atomic E-state index is 9.92. The summed E-state index contributed by atoms with van der Waals surface area (Å²) in [4.78, 5) is 0. The van der Waals surface area contributed by atoms with E-state index < -0.39 is 16.1 Å². The van der Waals surface area contributed by atoms with E-state index in [0.717, 1.165) is 0 Å². The monoisotopic (exact) mass is 153 g/mol. The molecule has 0 spiro atoms. The van der Waals surface area contributed by atoms with E-state index in [2.05, 4.69) is 11.7 Å². The molecule has 0 aliphatic rings. The van der Waals surface area contributed by atoms with E-state index in [1.165, 1.54) is 0 Å². The molecule has 4 nitrogen and oxygen atoms in total. The van der Waals surface area contributed by atoms with Crippen molar-refractivity contribution < 1.29 is 17.7 Å². The Morgan fingerprint density at radius 2 is 2.11 bits per heavy atom. The van der Waals surface area contributed by atoms with Crippen LogP contribution in [0.25, 0.3) is 0 Å². The molecular weight excluding hydrogens is 144 g/mol. The second kappa shape index (κ2) is 3.81. The molecular formula is C4H9O4S. The highest BCUT2D eigenvalue weighted by molar-refractivity contribution is 7.85. The zero-order valence-electron chi connectivity index (χ0n) is 4.91. The van der Waals surface area contributed by atoms with Crippen LogP contribution in [-0.2, 0) is 14.9 Å². The molecule has 55 valence electrons. The molecule has 0 aromatic carbocycles. The average molecular weight is 153 g/mol. The maximum atomic E-state index is 9.92. The average Bonchev–Trinajstić information content (AvgIpc) is 1.63. The van der Waals surface area contributed by atoms with Gasteiger partial charge in [-0.05, 0) is 6.42 Å². The van der Waals surface area contributed by atoms with Crippen molar-refractivity contribution in [3.8, 4) is 0 Å². The summed E-state index contributed by atoms with van der Waals surface area (Å²) in [6.45, 7) is 3.65. The van der Waals surface area contributed by atoms with Gasteiger partial charge >= 0.3 is 0 Å². The molecule has 0 rings (SSSR count). The zero-order chi connectivity index (χ0) is 7.33. The van der Waals surface area contributed by atoms with Crippen LogP contribution in [0.1, 0.15) is 6.42 Å². The highest BCUT2D eigenvalue weighted by Gasteiger charge is 2.01. The molecule has 0 aromatic rings. The first kappa shape index (κ1) is 8.87. The molecule has 5 heteroatoms. The van der Waals surface area contributed by atoms with Gasteiger partial charge in [0.1, 0.15) is 0 Å².